The average Bonchev–Trinajstić information content (AvgIpc) is 3.59. The molecular formula is C41H35Cl3N2O10. The van der Waals surface area contributed by atoms with Crippen molar-refractivity contribution in [3.8, 4) is 0 Å². The topological polar surface area (TPSA) is 170 Å². The van der Waals surface area contributed by atoms with Gasteiger partial charge in [-0.3, -0.25) is 0 Å². The number of benzene rings is 4. The zero-order chi connectivity index (χ0) is 40.6. The van der Waals surface area contributed by atoms with Crippen molar-refractivity contribution in [1.29, 1.82) is 0 Å². The van der Waals surface area contributed by atoms with Crippen LogP contribution in [0.4, 0.5) is 11.4 Å². The lowest BCUT2D eigenvalue weighted by Crippen LogP contribution is -2.44. The molecule has 4 N–H and O–H groups in total. The summed E-state index contributed by atoms with van der Waals surface area (Å²) in [7, 11) is 0. The lowest BCUT2D eigenvalue weighted by Gasteiger charge is -2.33. The fraction of sp³-hybridized carbons (Fsp3) is 0.220. The van der Waals surface area contributed by atoms with Crippen LogP contribution >= 0.6 is 34.8 Å². The van der Waals surface area contributed by atoms with Crippen molar-refractivity contribution in [3.05, 3.63) is 154 Å². The fourth-order valence-electron chi connectivity index (χ4n) is 6.69. The van der Waals surface area contributed by atoms with Crippen LogP contribution < -0.4 is 10.6 Å². The van der Waals surface area contributed by atoms with E-state index in [2.05, 4.69) is 10.6 Å². The van der Waals surface area contributed by atoms with E-state index in [0.29, 0.717) is 33.6 Å². The number of alkyl halides is 3. The first-order chi connectivity index (χ1) is 26.4. The Morgan fingerprint density at radius 1 is 0.482 bits per heavy atom. The Kier molecular flexibility index (Phi) is 11.0. The van der Waals surface area contributed by atoms with E-state index in [4.69, 9.17) is 53.8 Å². The number of carbonyl (C=O) groups excluding carboxylic acids is 4. The number of hydrogen-bond acceptors (Lipinski definition) is 12. The number of ether oxygens (including phenoxy) is 4. The summed E-state index contributed by atoms with van der Waals surface area (Å²) in [5, 5.41) is 29.3. The zero-order valence-corrected chi connectivity index (χ0v) is 32.5. The highest BCUT2D eigenvalue weighted by molar-refractivity contribution is 6.63. The molecule has 2 fully saturated rings. The summed E-state index contributed by atoms with van der Waals surface area (Å²) in [4.78, 5) is 50.2. The Morgan fingerprint density at radius 3 is 1.05 bits per heavy atom. The van der Waals surface area contributed by atoms with E-state index in [9.17, 15) is 29.4 Å². The van der Waals surface area contributed by atoms with E-state index >= 15 is 0 Å². The molecule has 0 aromatic heterocycles. The van der Waals surface area contributed by atoms with Crippen molar-refractivity contribution in [1.82, 2.24) is 0 Å². The number of hydrogen-bond donors (Lipinski definition) is 4. The standard InChI is InChI=1S/2C20H17NO5.CHCl3/c2*1-19(2)25-17(22)15(18(23)26-19)16-20(24,12-8-4-3-5-9-12)13-10-6-7-11-14(13)21-16;2-1(3)4/h2*3-11,21,24H,1-2H3;1H/t2*20-;/m10./s1. The minimum Gasteiger partial charge on any atom is -0.419 e. The van der Waals surface area contributed by atoms with E-state index in [0.717, 1.165) is 0 Å². The predicted octanol–water partition coefficient (Wildman–Crippen LogP) is 6.86. The first kappa shape index (κ1) is 40.3. The highest BCUT2D eigenvalue weighted by atomic mass is 35.6. The van der Waals surface area contributed by atoms with E-state index in [1.807, 2.05) is 12.1 Å². The SMILES string of the molecule is CC1(C)OC(=O)C(=C2Nc3ccccc3[C@@]2(O)c2ccccc2)C(=O)O1.CC1(C)OC(=O)C(=C2Nc3ccccc3[C@]2(O)c2ccccc2)C(=O)O1.ClC(Cl)Cl. The Labute approximate surface area is 336 Å². The van der Waals surface area contributed by atoms with Crippen molar-refractivity contribution in [3.63, 3.8) is 0 Å². The van der Waals surface area contributed by atoms with Gasteiger partial charge in [0.05, 0.1) is 11.4 Å². The molecule has 56 heavy (non-hydrogen) atoms. The molecular weight excluding hydrogens is 787 g/mol. The highest BCUT2D eigenvalue weighted by Crippen LogP contribution is 2.49. The normalized spacial score (nSPS) is 22.8. The molecule has 4 aliphatic rings. The third kappa shape index (κ3) is 7.58. The monoisotopic (exact) mass is 820 g/mol. The first-order valence-electron chi connectivity index (χ1n) is 17.0. The van der Waals surface area contributed by atoms with Crippen LogP contribution in [0.3, 0.4) is 0 Å². The summed E-state index contributed by atoms with van der Waals surface area (Å²) in [6.07, 6.45) is 0. The summed E-state index contributed by atoms with van der Waals surface area (Å²) in [5.41, 5.74) is -0.684. The molecule has 0 radical (unpaired) electrons. The van der Waals surface area contributed by atoms with Gasteiger partial charge in [0.25, 0.3) is 11.6 Å². The average molecular weight is 822 g/mol. The van der Waals surface area contributed by atoms with Crippen molar-refractivity contribution in [2.24, 2.45) is 0 Å². The quantitative estimate of drug-likeness (QED) is 0.0719. The third-order valence-corrected chi connectivity index (χ3v) is 8.93. The van der Waals surface area contributed by atoms with Gasteiger partial charge in [0.2, 0.25) is 0 Å². The van der Waals surface area contributed by atoms with Gasteiger partial charge >= 0.3 is 23.9 Å². The molecule has 0 bridgehead atoms. The Balaban J connectivity index is 0.000000174. The second-order valence-electron chi connectivity index (χ2n) is 13.6. The van der Waals surface area contributed by atoms with Crippen LogP contribution in [0.1, 0.15) is 49.9 Å². The van der Waals surface area contributed by atoms with Gasteiger partial charge in [-0.05, 0) is 23.3 Å². The maximum absolute atomic E-state index is 12.5. The summed E-state index contributed by atoms with van der Waals surface area (Å²) in [6.45, 7) is 5.91. The van der Waals surface area contributed by atoms with E-state index in [-0.39, 0.29) is 22.5 Å². The van der Waals surface area contributed by atoms with Crippen LogP contribution in [-0.4, -0.2) is 50.0 Å². The molecule has 15 heteroatoms. The molecule has 0 amide bonds. The van der Waals surface area contributed by atoms with E-state index in [1.165, 1.54) is 27.7 Å². The van der Waals surface area contributed by atoms with Gasteiger partial charge < -0.3 is 39.8 Å². The van der Waals surface area contributed by atoms with Crippen LogP contribution in [0, 0.1) is 0 Å². The number of carbonyl (C=O) groups is 4. The molecule has 0 saturated carbocycles. The number of rotatable bonds is 2. The Bertz CT molecular complexity index is 2070. The van der Waals surface area contributed by atoms with Gasteiger partial charge in [-0.2, -0.15) is 0 Å². The third-order valence-electron chi connectivity index (χ3n) is 8.93. The van der Waals surface area contributed by atoms with Crippen LogP contribution in [-0.2, 0) is 49.3 Å². The van der Waals surface area contributed by atoms with Gasteiger partial charge in [0.15, 0.2) is 26.6 Å². The number of nitrogens with one attached hydrogen (secondary N) is 2. The summed E-state index contributed by atoms with van der Waals surface area (Å²) >= 11 is 14.4. The highest BCUT2D eigenvalue weighted by Gasteiger charge is 2.52. The van der Waals surface area contributed by atoms with Crippen molar-refractivity contribution >= 4 is 70.1 Å². The maximum Gasteiger partial charge on any atom is 0.350 e. The molecule has 8 rings (SSSR count). The van der Waals surface area contributed by atoms with Gasteiger partial charge in [0.1, 0.15) is 0 Å². The number of anilines is 2. The fourth-order valence-corrected chi connectivity index (χ4v) is 6.69. The molecule has 0 spiro atoms. The molecule has 0 aliphatic carbocycles. The number of cyclic esters (lactones) is 4. The number of aliphatic hydroxyl groups is 2. The van der Waals surface area contributed by atoms with Gasteiger partial charge in [-0.25, -0.2) is 19.2 Å². The summed E-state index contributed by atoms with van der Waals surface area (Å²) in [6, 6.07) is 31.8. The van der Waals surface area contributed by atoms with Crippen molar-refractivity contribution in [2.75, 3.05) is 10.6 Å². The molecule has 0 unspecified atom stereocenters. The van der Waals surface area contributed by atoms with E-state index < -0.39 is 50.9 Å². The lowest BCUT2D eigenvalue weighted by atomic mass is 9.84. The summed E-state index contributed by atoms with van der Waals surface area (Å²) < 4.78 is 20.1. The number of halogens is 3. The van der Waals surface area contributed by atoms with Crippen LogP contribution in [0.15, 0.2) is 132 Å². The number of para-hydroxylation sites is 2. The van der Waals surface area contributed by atoms with Crippen LogP contribution in [0.25, 0.3) is 0 Å². The molecule has 2 saturated heterocycles. The number of fused-ring (bicyclic) bond motifs is 2. The maximum atomic E-state index is 12.5. The van der Waals surface area contributed by atoms with Gasteiger partial charge in [-0.1, -0.05) is 132 Å². The summed E-state index contributed by atoms with van der Waals surface area (Å²) in [5.74, 6) is -6.05. The Hall–Kier alpha value is -5.37. The smallest absolute Gasteiger partial charge is 0.350 e. The largest absolute Gasteiger partial charge is 0.419 e. The second kappa shape index (κ2) is 15.3. The predicted molar refractivity (Wildman–Crippen MR) is 207 cm³/mol. The Morgan fingerprint density at radius 2 is 0.750 bits per heavy atom. The first-order valence-corrected chi connectivity index (χ1v) is 18.3. The van der Waals surface area contributed by atoms with Crippen LogP contribution in [0.5, 0.6) is 0 Å². The number of esters is 4. The molecule has 290 valence electrons. The van der Waals surface area contributed by atoms with E-state index in [1.54, 1.807) is 97.1 Å². The lowest BCUT2D eigenvalue weighted by molar-refractivity contribution is -0.224. The molecule has 4 aromatic carbocycles. The second-order valence-corrected chi connectivity index (χ2v) is 15.6. The zero-order valence-electron chi connectivity index (χ0n) is 30.3. The molecule has 4 heterocycles. The van der Waals surface area contributed by atoms with Crippen molar-refractivity contribution in [2.45, 2.75) is 54.8 Å². The molecule has 2 atom stereocenters. The minimum atomic E-state index is -1.70. The van der Waals surface area contributed by atoms with Gasteiger partial charge in [-0.15, -0.1) is 0 Å². The van der Waals surface area contributed by atoms with Crippen molar-refractivity contribution < 1.29 is 48.3 Å². The molecule has 12 nitrogen and oxygen atoms in total. The van der Waals surface area contributed by atoms with Gasteiger partial charge in [0, 0.05) is 50.2 Å². The minimum absolute atomic E-state index is 0.0374. The molecule has 4 aliphatic heterocycles. The van der Waals surface area contributed by atoms with Crippen LogP contribution in [0.2, 0.25) is 0 Å². The molecule has 4 aromatic rings.